The summed E-state index contributed by atoms with van der Waals surface area (Å²) in [7, 11) is 0. The summed E-state index contributed by atoms with van der Waals surface area (Å²) in [4.78, 5) is 10.0. The van der Waals surface area contributed by atoms with Crippen molar-refractivity contribution in [1.29, 1.82) is 5.41 Å². The maximum atomic E-state index is 10.6. The summed E-state index contributed by atoms with van der Waals surface area (Å²) in [5.41, 5.74) is 7.04. The van der Waals surface area contributed by atoms with E-state index in [1.165, 1.54) is 12.1 Å². The normalized spacial score (nSPS) is 10.5. The first-order chi connectivity index (χ1) is 7.93. The van der Waals surface area contributed by atoms with Crippen LogP contribution >= 0.6 is 23.2 Å². The van der Waals surface area contributed by atoms with E-state index in [2.05, 4.69) is 10.5 Å². The molecule has 1 rings (SSSR count). The molecule has 0 atom stereocenters. The number of nitrogens with zero attached hydrogens (tertiary/aromatic N) is 2. The zero-order valence-corrected chi connectivity index (χ0v) is 9.79. The molecule has 0 radical (unpaired) electrons. The molecular weight excluding hydrogens is 269 g/mol. The number of halogens is 2. The summed E-state index contributed by atoms with van der Waals surface area (Å²) in [6.45, 7) is 0. The summed E-state index contributed by atoms with van der Waals surface area (Å²) in [6.07, 6.45) is 1.15. The zero-order valence-electron chi connectivity index (χ0n) is 8.28. The van der Waals surface area contributed by atoms with E-state index in [1.807, 2.05) is 0 Å². The molecule has 0 saturated carbocycles. The number of hydrazone groups is 1. The first-order valence-corrected chi connectivity index (χ1v) is 4.94. The Morgan fingerprint density at radius 1 is 1.59 bits per heavy atom. The van der Waals surface area contributed by atoms with Crippen molar-refractivity contribution < 1.29 is 4.92 Å². The lowest BCUT2D eigenvalue weighted by Crippen LogP contribution is -2.25. The molecule has 9 heteroatoms. The number of hydrogen-bond donors (Lipinski definition) is 3. The van der Waals surface area contributed by atoms with Crippen LogP contribution in [0.3, 0.4) is 0 Å². The van der Waals surface area contributed by atoms with E-state index in [9.17, 15) is 10.1 Å². The highest BCUT2D eigenvalue weighted by Crippen LogP contribution is 2.31. The lowest BCUT2D eigenvalue weighted by molar-refractivity contribution is -0.384. The smallest absolute Gasteiger partial charge is 0.288 e. The Kier molecular flexibility index (Phi) is 4.24. The fourth-order valence-electron chi connectivity index (χ4n) is 0.984. The average Bonchev–Trinajstić information content (AvgIpc) is 2.21. The van der Waals surface area contributed by atoms with Gasteiger partial charge in [0.05, 0.1) is 16.2 Å². The van der Waals surface area contributed by atoms with E-state index in [1.54, 1.807) is 0 Å². The second-order valence-corrected chi connectivity index (χ2v) is 3.62. The molecule has 0 aliphatic carbocycles. The molecule has 0 spiro atoms. The number of benzene rings is 1. The van der Waals surface area contributed by atoms with E-state index in [0.717, 1.165) is 6.21 Å². The molecule has 0 heterocycles. The van der Waals surface area contributed by atoms with Crippen LogP contribution in [0.15, 0.2) is 17.2 Å². The van der Waals surface area contributed by atoms with Crippen LogP contribution in [-0.2, 0) is 0 Å². The van der Waals surface area contributed by atoms with Crippen LogP contribution in [0, 0.1) is 15.5 Å². The van der Waals surface area contributed by atoms with Gasteiger partial charge in [-0.25, -0.2) is 5.43 Å². The van der Waals surface area contributed by atoms with Gasteiger partial charge in [-0.2, -0.15) is 5.10 Å². The van der Waals surface area contributed by atoms with Crippen LogP contribution < -0.4 is 11.2 Å². The number of guanidine groups is 1. The zero-order chi connectivity index (χ0) is 13.0. The van der Waals surface area contributed by atoms with Crippen LogP contribution in [0.25, 0.3) is 0 Å². The average molecular weight is 276 g/mol. The summed E-state index contributed by atoms with van der Waals surface area (Å²) in [5.74, 6) is -0.376. The van der Waals surface area contributed by atoms with Gasteiger partial charge in [-0.05, 0) is 6.07 Å². The highest BCUT2D eigenvalue weighted by atomic mass is 35.5. The van der Waals surface area contributed by atoms with Gasteiger partial charge in [0, 0.05) is 11.6 Å². The Morgan fingerprint density at radius 3 is 2.76 bits per heavy atom. The van der Waals surface area contributed by atoms with Crippen molar-refractivity contribution in [2.45, 2.75) is 0 Å². The lowest BCUT2D eigenvalue weighted by Gasteiger charge is -2.02. The number of nitro groups is 1. The van der Waals surface area contributed by atoms with Gasteiger partial charge in [-0.1, -0.05) is 23.2 Å². The second-order valence-electron chi connectivity index (χ2n) is 2.83. The van der Waals surface area contributed by atoms with E-state index >= 15 is 0 Å². The first kappa shape index (κ1) is 13.2. The number of nitrogens with two attached hydrogens (primary N) is 1. The Morgan fingerprint density at radius 2 is 2.24 bits per heavy atom. The number of nitro benzene ring substituents is 1. The molecule has 0 fully saturated rings. The van der Waals surface area contributed by atoms with Crippen molar-refractivity contribution in [3.05, 3.63) is 37.9 Å². The minimum atomic E-state index is -0.631. The summed E-state index contributed by atoms with van der Waals surface area (Å²) >= 11 is 11.6. The molecule has 0 bridgehead atoms. The fraction of sp³-hybridized carbons (Fsp3) is 0. The maximum Gasteiger partial charge on any atom is 0.288 e. The van der Waals surface area contributed by atoms with Crippen LogP contribution in [0.5, 0.6) is 0 Å². The molecule has 17 heavy (non-hydrogen) atoms. The molecule has 0 aliphatic heterocycles. The third kappa shape index (κ3) is 3.30. The van der Waals surface area contributed by atoms with Gasteiger partial charge in [0.2, 0.25) is 5.96 Å². The highest BCUT2D eigenvalue weighted by Gasteiger charge is 2.17. The molecular formula is C8H7Cl2N5O2. The van der Waals surface area contributed by atoms with E-state index in [4.69, 9.17) is 34.3 Å². The molecule has 7 nitrogen and oxygen atoms in total. The molecule has 0 unspecified atom stereocenters. The monoisotopic (exact) mass is 275 g/mol. The van der Waals surface area contributed by atoms with Crippen molar-refractivity contribution in [2.24, 2.45) is 10.8 Å². The van der Waals surface area contributed by atoms with Crippen LogP contribution in [-0.4, -0.2) is 17.1 Å². The molecule has 90 valence electrons. The van der Waals surface area contributed by atoms with E-state index in [-0.39, 0.29) is 27.3 Å². The maximum absolute atomic E-state index is 10.6. The Hall–Kier alpha value is -1.86. The summed E-state index contributed by atoms with van der Waals surface area (Å²) in [5, 5.41) is 21.1. The molecule has 1 aromatic rings. The summed E-state index contributed by atoms with van der Waals surface area (Å²) in [6, 6.07) is 2.53. The van der Waals surface area contributed by atoms with Crippen molar-refractivity contribution >= 4 is 41.1 Å². The van der Waals surface area contributed by atoms with Crippen molar-refractivity contribution in [1.82, 2.24) is 5.43 Å². The molecule has 0 aliphatic rings. The summed E-state index contributed by atoms with van der Waals surface area (Å²) < 4.78 is 0. The molecule has 4 N–H and O–H groups in total. The van der Waals surface area contributed by atoms with Crippen LogP contribution in [0.4, 0.5) is 5.69 Å². The lowest BCUT2D eigenvalue weighted by atomic mass is 10.2. The van der Waals surface area contributed by atoms with E-state index < -0.39 is 4.92 Å². The SMILES string of the molecule is N=C(N)N/N=C/c1c(Cl)ccc([N+](=O)[O-])c1Cl. The number of nitrogens with one attached hydrogen (secondary N) is 2. The van der Waals surface area contributed by atoms with E-state index in [0.29, 0.717) is 0 Å². The molecule has 0 saturated heterocycles. The van der Waals surface area contributed by atoms with Crippen LogP contribution in [0.1, 0.15) is 5.56 Å². The molecule has 1 aromatic carbocycles. The third-order valence-corrected chi connectivity index (χ3v) is 2.41. The predicted molar refractivity (Wildman–Crippen MR) is 65.8 cm³/mol. The quantitative estimate of drug-likeness (QED) is 0.337. The largest absolute Gasteiger partial charge is 0.369 e. The molecule has 0 amide bonds. The minimum absolute atomic E-state index is 0.128. The fourth-order valence-corrected chi connectivity index (χ4v) is 1.52. The number of hydrogen-bond acceptors (Lipinski definition) is 4. The Bertz CT molecular complexity index is 503. The van der Waals surface area contributed by atoms with Gasteiger partial charge < -0.3 is 5.73 Å². The topological polar surface area (TPSA) is 117 Å². The minimum Gasteiger partial charge on any atom is -0.369 e. The van der Waals surface area contributed by atoms with Gasteiger partial charge in [-0.15, -0.1) is 0 Å². The standard InChI is InChI=1S/C8H7Cl2N5O2/c9-5-1-2-6(15(16)17)7(10)4(5)3-13-14-8(11)12/h1-3H,(H4,11,12,14)/b13-3+. The van der Waals surface area contributed by atoms with Gasteiger partial charge in [-0.3, -0.25) is 15.5 Å². The first-order valence-electron chi connectivity index (χ1n) is 4.19. The van der Waals surface area contributed by atoms with Crippen molar-refractivity contribution in [3.8, 4) is 0 Å². The van der Waals surface area contributed by atoms with Crippen molar-refractivity contribution in [2.75, 3.05) is 0 Å². The Labute approximate surface area is 106 Å². The Balaban J connectivity index is 3.14. The van der Waals surface area contributed by atoms with Gasteiger partial charge in [0.15, 0.2) is 0 Å². The molecule has 0 aromatic heterocycles. The predicted octanol–water partition coefficient (Wildman–Crippen LogP) is 1.72. The third-order valence-electron chi connectivity index (χ3n) is 1.68. The van der Waals surface area contributed by atoms with Gasteiger partial charge in [0.25, 0.3) is 5.69 Å². The van der Waals surface area contributed by atoms with Gasteiger partial charge >= 0.3 is 0 Å². The van der Waals surface area contributed by atoms with Crippen LogP contribution in [0.2, 0.25) is 10.0 Å². The van der Waals surface area contributed by atoms with Gasteiger partial charge in [0.1, 0.15) is 5.02 Å². The number of rotatable bonds is 3. The van der Waals surface area contributed by atoms with Crippen molar-refractivity contribution in [3.63, 3.8) is 0 Å². The second kappa shape index (κ2) is 5.46. The highest BCUT2D eigenvalue weighted by molar-refractivity contribution is 6.40.